The quantitative estimate of drug-likeness (QED) is 0.0268. The van der Waals surface area contributed by atoms with Crippen molar-refractivity contribution in [2.75, 3.05) is 13.2 Å². The van der Waals surface area contributed by atoms with Crippen molar-refractivity contribution in [3.63, 3.8) is 0 Å². The number of allylic oxidation sites excluding steroid dienone is 5. The molecule has 0 aliphatic carbocycles. The number of nitrogens with one attached hydrogen (secondary N) is 1. The van der Waals surface area contributed by atoms with Gasteiger partial charge in [-0.05, 0) is 51.4 Å². The second-order valence-electron chi connectivity index (χ2n) is 16.2. The summed E-state index contributed by atoms with van der Waals surface area (Å²) in [6.45, 7) is 3.75. The van der Waals surface area contributed by atoms with Gasteiger partial charge in [-0.2, -0.15) is 0 Å². The van der Waals surface area contributed by atoms with Crippen LogP contribution in [-0.4, -0.2) is 87.5 Å². The van der Waals surface area contributed by atoms with Gasteiger partial charge < -0.3 is 40.3 Å². The van der Waals surface area contributed by atoms with Crippen LogP contribution in [0.1, 0.15) is 200 Å². The Morgan fingerprint density at radius 2 is 1.05 bits per heavy atom. The van der Waals surface area contributed by atoms with Crippen molar-refractivity contribution < 1.29 is 39.8 Å². The third-order valence-corrected chi connectivity index (χ3v) is 11.0. The van der Waals surface area contributed by atoms with Gasteiger partial charge in [-0.1, -0.05) is 179 Å². The third-order valence-electron chi connectivity index (χ3n) is 11.0. The highest BCUT2D eigenvalue weighted by Crippen LogP contribution is 2.22. The Morgan fingerprint density at radius 3 is 1.54 bits per heavy atom. The first-order valence-corrected chi connectivity index (χ1v) is 23.2. The van der Waals surface area contributed by atoms with Crippen LogP contribution in [0.25, 0.3) is 0 Å². The van der Waals surface area contributed by atoms with E-state index in [4.69, 9.17) is 9.47 Å². The van der Waals surface area contributed by atoms with Crippen LogP contribution in [0.3, 0.4) is 0 Å². The van der Waals surface area contributed by atoms with Gasteiger partial charge in [-0.15, -0.1) is 0 Å². The maximum absolute atomic E-state index is 12.9. The molecule has 9 heteroatoms. The van der Waals surface area contributed by atoms with Crippen LogP contribution in [0.2, 0.25) is 0 Å². The van der Waals surface area contributed by atoms with Crippen LogP contribution >= 0.6 is 0 Å². The summed E-state index contributed by atoms with van der Waals surface area (Å²) < 4.78 is 11.2. The summed E-state index contributed by atoms with van der Waals surface area (Å²) in [6, 6.07) is -0.805. The Kier molecular flexibility index (Phi) is 35.3. The number of unbranched alkanes of at least 4 members (excludes halogenated alkanes) is 24. The van der Waals surface area contributed by atoms with Crippen molar-refractivity contribution in [1.82, 2.24) is 5.32 Å². The molecule has 0 bridgehead atoms. The lowest BCUT2D eigenvalue weighted by Gasteiger charge is -2.40. The Labute approximate surface area is 342 Å². The molecule has 56 heavy (non-hydrogen) atoms. The summed E-state index contributed by atoms with van der Waals surface area (Å²) in [7, 11) is 0. The van der Waals surface area contributed by atoms with E-state index in [0.29, 0.717) is 6.42 Å². The summed E-state index contributed by atoms with van der Waals surface area (Å²) in [6.07, 6.45) is 39.0. The average Bonchev–Trinajstić information content (AvgIpc) is 3.20. The monoisotopic (exact) mass is 794 g/mol. The minimum absolute atomic E-state index is 0.183. The second-order valence-corrected chi connectivity index (χ2v) is 16.2. The molecule has 0 aromatic carbocycles. The van der Waals surface area contributed by atoms with Crippen LogP contribution < -0.4 is 5.32 Å². The van der Waals surface area contributed by atoms with Gasteiger partial charge in [0.15, 0.2) is 6.29 Å². The third kappa shape index (κ3) is 27.9. The van der Waals surface area contributed by atoms with Crippen molar-refractivity contribution in [3.05, 3.63) is 36.5 Å². The fourth-order valence-corrected chi connectivity index (χ4v) is 7.19. The molecular weight excluding hydrogens is 707 g/mol. The van der Waals surface area contributed by atoms with Crippen LogP contribution in [0.4, 0.5) is 0 Å². The van der Waals surface area contributed by atoms with E-state index in [1.54, 1.807) is 6.08 Å². The lowest BCUT2D eigenvalue weighted by atomic mass is 9.99. The van der Waals surface area contributed by atoms with Gasteiger partial charge in [-0.25, -0.2) is 0 Å². The Hall–Kier alpha value is -1.59. The largest absolute Gasteiger partial charge is 0.394 e. The number of hydrogen-bond donors (Lipinski definition) is 6. The van der Waals surface area contributed by atoms with Crippen LogP contribution in [0, 0.1) is 0 Å². The van der Waals surface area contributed by atoms with Gasteiger partial charge in [0.1, 0.15) is 24.4 Å². The molecule has 0 spiro atoms. The number of carbonyl (C=O) groups excluding carboxylic acids is 1. The van der Waals surface area contributed by atoms with E-state index in [1.165, 1.54) is 135 Å². The number of amides is 1. The first-order valence-electron chi connectivity index (χ1n) is 23.2. The molecule has 1 aliphatic heterocycles. The molecule has 1 aliphatic rings. The Morgan fingerprint density at radius 1 is 0.607 bits per heavy atom. The molecule has 1 rings (SSSR count). The van der Waals surface area contributed by atoms with Crippen LogP contribution in [0.15, 0.2) is 36.5 Å². The van der Waals surface area contributed by atoms with Gasteiger partial charge in [0, 0.05) is 6.42 Å². The highest BCUT2D eigenvalue weighted by atomic mass is 16.7. The van der Waals surface area contributed by atoms with Crippen molar-refractivity contribution in [2.45, 2.75) is 243 Å². The SMILES string of the molecule is CCCCCCC/C=C\C/C=C\CCCCCCCCCCCC(=O)NC(COC1OC(CO)C(O)C(O)C1O)C(O)/C=C/CCCCCCCCCCCC. The minimum atomic E-state index is -1.57. The zero-order chi connectivity index (χ0) is 40.9. The minimum Gasteiger partial charge on any atom is -0.394 e. The molecule has 1 fully saturated rings. The molecule has 1 heterocycles. The Bertz CT molecular complexity index is 972. The summed E-state index contributed by atoms with van der Waals surface area (Å²) in [4.78, 5) is 12.9. The number of carbonyl (C=O) groups is 1. The molecule has 1 amide bonds. The van der Waals surface area contributed by atoms with E-state index in [2.05, 4.69) is 43.5 Å². The maximum Gasteiger partial charge on any atom is 0.220 e. The zero-order valence-electron chi connectivity index (χ0n) is 35.9. The van der Waals surface area contributed by atoms with Crippen LogP contribution in [0.5, 0.6) is 0 Å². The standard InChI is InChI=1S/C47H87NO8/c1-3-5-7-9-11-13-15-17-18-19-20-21-22-23-24-25-27-29-31-33-35-37-43(51)48-40(39-55-47-46(54)45(53)44(52)42(38-49)56-47)41(50)36-34-32-30-28-26-16-14-12-10-8-6-4-2/h15,17,19-20,34,36,40-42,44-47,49-50,52-54H,3-14,16,18,21-33,35,37-39H2,1-2H3,(H,48,51)/b17-15-,20-19-,36-34+. The van der Waals surface area contributed by atoms with Crippen molar-refractivity contribution in [2.24, 2.45) is 0 Å². The molecule has 0 aromatic heterocycles. The second kappa shape index (κ2) is 37.7. The summed E-state index contributed by atoms with van der Waals surface area (Å²) >= 11 is 0. The molecule has 0 aromatic rings. The lowest BCUT2D eigenvalue weighted by molar-refractivity contribution is -0.302. The fourth-order valence-electron chi connectivity index (χ4n) is 7.19. The van der Waals surface area contributed by atoms with E-state index in [0.717, 1.165) is 44.9 Å². The molecule has 7 atom stereocenters. The highest BCUT2D eigenvalue weighted by Gasteiger charge is 2.44. The first kappa shape index (κ1) is 52.4. The summed E-state index contributed by atoms with van der Waals surface area (Å²) in [5.74, 6) is -0.183. The molecule has 1 saturated heterocycles. The number of rotatable bonds is 38. The van der Waals surface area contributed by atoms with E-state index in [1.807, 2.05) is 6.08 Å². The maximum atomic E-state index is 12.9. The smallest absolute Gasteiger partial charge is 0.220 e. The summed E-state index contributed by atoms with van der Waals surface area (Å²) in [5, 5.41) is 54.1. The predicted octanol–water partition coefficient (Wildman–Crippen LogP) is 9.67. The molecular formula is C47H87NO8. The van der Waals surface area contributed by atoms with Crippen LogP contribution in [-0.2, 0) is 14.3 Å². The molecule has 0 radical (unpaired) electrons. The van der Waals surface area contributed by atoms with Gasteiger partial charge in [-0.3, -0.25) is 4.79 Å². The zero-order valence-corrected chi connectivity index (χ0v) is 35.9. The average molecular weight is 794 g/mol. The van der Waals surface area contributed by atoms with E-state index in [9.17, 15) is 30.3 Å². The summed E-state index contributed by atoms with van der Waals surface area (Å²) in [5.41, 5.74) is 0. The van der Waals surface area contributed by atoms with Gasteiger partial charge in [0.25, 0.3) is 0 Å². The predicted molar refractivity (Wildman–Crippen MR) is 230 cm³/mol. The topological polar surface area (TPSA) is 149 Å². The fraction of sp³-hybridized carbons (Fsp3) is 0.851. The number of aliphatic hydroxyl groups excluding tert-OH is 5. The van der Waals surface area contributed by atoms with Gasteiger partial charge in [0.2, 0.25) is 5.91 Å². The van der Waals surface area contributed by atoms with Crippen molar-refractivity contribution in [3.8, 4) is 0 Å². The molecule has 7 unspecified atom stereocenters. The molecule has 9 nitrogen and oxygen atoms in total. The normalized spacial score (nSPS) is 21.4. The van der Waals surface area contributed by atoms with Gasteiger partial charge >= 0.3 is 0 Å². The molecule has 328 valence electrons. The van der Waals surface area contributed by atoms with Crippen molar-refractivity contribution >= 4 is 5.91 Å². The van der Waals surface area contributed by atoms with E-state index in [-0.39, 0.29) is 12.5 Å². The highest BCUT2D eigenvalue weighted by molar-refractivity contribution is 5.76. The molecule has 6 N–H and O–H groups in total. The van der Waals surface area contributed by atoms with Gasteiger partial charge in [0.05, 0.1) is 25.4 Å². The van der Waals surface area contributed by atoms with E-state index < -0.39 is 49.5 Å². The number of ether oxygens (including phenoxy) is 2. The van der Waals surface area contributed by atoms with Crippen molar-refractivity contribution in [1.29, 1.82) is 0 Å². The van der Waals surface area contributed by atoms with E-state index >= 15 is 0 Å². The first-order chi connectivity index (χ1) is 27.3. The Balaban J connectivity index is 2.32. The number of hydrogen-bond acceptors (Lipinski definition) is 8. The molecule has 0 saturated carbocycles. The number of aliphatic hydroxyl groups is 5. The lowest BCUT2D eigenvalue weighted by Crippen LogP contribution is -2.60.